The van der Waals surface area contributed by atoms with Crippen LogP contribution in [0.15, 0.2) is 39.7 Å². The van der Waals surface area contributed by atoms with Gasteiger partial charge in [0, 0.05) is 11.0 Å². The highest BCUT2D eigenvalue weighted by molar-refractivity contribution is 9.10. The fourth-order valence-corrected chi connectivity index (χ4v) is 3.13. The maximum atomic E-state index is 12.1. The van der Waals surface area contributed by atoms with Crippen molar-refractivity contribution >= 4 is 26.0 Å². The van der Waals surface area contributed by atoms with E-state index in [9.17, 15) is 8.42 Å². The lowest BCUT2D eigenvalue weighted by atomic mass is 10.3. The molecule has 0 saturated carbocycles. The van der Waals surface area contributed by atoms with E-state index in [0.717, 1.165) is 0 Å². The lowest BCUT2D eigenvalue weighted by Gasteiger charge is -2.10. The molecule has 1 N–H and O–H groups in total. The van der Waals surface area contributed by atoms with Crippen LogP contribution in [0.25, 0.3) is 0 Å². The van der Waals surface area contributed by atoms with E-state index in [2.05, 4.69) is 20.7 Å². The van der Waals surface area contributed by atoms with Gasteiger partial charge >= 0.3 is 0 Å². The fraction of sp³-hybridized carbons (Fsp3) is 0.333. The molecule has 0 spiro atoms. The second kappa shape index (κ2) is 6.92. The van der Waals surface area contributed by atoms with Gasteiger partial charge in [0.1, 0.15) is 10.6 Å². The Balaban J connectivity index is 2.93. The summed E-state index contributed by atoms with van der Waals surface area (Å²) in [7, 11) is -2.10. The first-order valence-corrected chi connectivity index (χ1v) is 7.73. The van der Waals surface area contributed by atoms with Crippen LogP contribution in [0.1, 0.15) is 13.3 Å². The summed E-state index contributed by atoms with van der Waals surface area (Å²) in [5.41, 5.74) is 0. The van der Waals surface area contributed by atoms with Gasteiger partial charge in [-0.15, -0.1) is 0 Å². The average molecular weight is 334 g/mol. The van der Waals surface area contributed by atoms with Gasteiger partial charge < -0.3 is 4.74 Å². The molecule has 0 bridgehead atoms. The second-order valence-corrected chi connectivity index (χ2v) is 6.20. The predicted octanol–water partition coefficient (Wildman–Crippen LogP) is 2.70. The van der Waals surface area contributed by atoms with Gasteiger partial charge in [-0.1, -0.05) is 28.1 Å². The van der Waals surface area contributed by atoms with Crippen LogP contribution in [0.2, 0.25) is 0 Å². The van der Waals surface area contributed by atoms with E-state index in [1.165, 1.54) is 13.2 Å². The third-order valence-electron chi connectivity index (χ3n) is 2.25. The van der Waals surface area contributed by atoms with E-state index in [0.29, 0.717) is 23.2 Å². The van der Waals surface area contributed by atoms with Crippen molar-refractivity contribution in [1.82, 2.24) is 4.72 Å². The Morgan fingerprint density at radius 3 is 2.78 bits per heavy atom. The fourth-order valence-electron chi connectivity index (χ4n) is 1.38. The zero-order valence-electron chi connectivity index (χ0n) is 10.3. The molecule has 6 heteroatoms. The van der Waals surface area contributed by atoms with E-state index >= 15 is 0 Å². The molecule has 0 atom stereocenters. The molecule has 0 amide bonds. The third kappa shape index (κ3) is 4.12. The van der Waals surface area contributed by atoms with Crippen LogP contribution in [-0.4, -0.2) is 22.1 Å². The van der Waals surface area contributed by atoms with Gasteiger partial charge in [-0.25, -0.2) is 13.1 Å². The quantitative estimate of drug-likeness (QED) is 0.643. The largest absolute Gasteiger partial charge is 0.495 e. The molecular formula is C12H16BrNO3S. The number of allylic oxidation sites excluding steroid dienone is 1. The monoisotopic (exact) mass is 333 g/mol. The lowest BCUT2D eigenvalue weighted by molar-refractivity contribution is 0.402. The summed E-state index contributed by atoms with van der Waals surface area (Å²) >= 11 is 3.25. The van der Waals surface area contributed by atoms with Crippen LogP contribution in [0, 0.1) is 0 Å². The number of nitrogens with one attached hydrogen (secondary N) is 1. The lowest BCUT2D eigenvalue weighted by Crippen LogP contribution is -2.25. The zero-order valence-corrected chi connectivity index (χ0v) is 12.7. The summed E-state index contributed by atoms with van der Waals surface area (Å²) in [5.74, 6) is 0.330. The maximum Gasteiger partial charge on any atom is 0.244 e. The standard InChI is InChI=1S/C12H16BrNO3S/c1-3-4-5-8-14-18(15,16)12-9-10(13)6-7-11(12)17-2/h3-4,6-7,9,14H,5,8H2,1-2H3/b4-3+. The van der Waals surface area contributed by atoms with Gasteiger partial charge in [0.2, 0.25) is 10.0 Å². The molecule has 0 aromatic heterocycles. The number of ether oxygens (including phenoxy) is 1. The molecule has 0 radical (unpaired) electrons. The first-order valence-electron chi connectivity index (χ1n) is 5.45. The first-order chi connectivity index (χ1) is 8.51. The number of benzene rings is 1. The normalized spacial score (nSPS) is 11.9. The predicted molar refractivity (Wildman–Crippen MR) is 75.3 cm³/mol. The molecule has 1 aromatic rings. The van der Waals surface area contributed by atoms with E-state index in [-0.39, 0.29) is 4.90 Å². The Labute approximate surface area is 116 Å². The second-order valence-electron chi connectivity index (χ2n) is 3.55. The van der Waals surface area contributed by atoms with Crippen LogP contribution in [0.5, 0.6) is 5.75 Å². The minimum absolute atomic E-state index is 0.139. The Kier molecular flexibility index (Phi) is 5.84. The molecule has 0 heterocycles. The van der Waals surface area contributed by atoms with Gasteiger partial charge in [0.15, 0.2) is 0 Å². The van der Waals surface area contributed by atoms with E-state index in [1.807, 2.05) is 19.1 Å². The molecule has 4 nitrogen and oxygen atoms in total. The van der Waals surface area contributed by atoms with Gasteiger partial charge in [0.05, 0.1) is 7.11 Å². The van der Waals surface area contributed by atoms with E-state index in [1.54, 1.807) is 12.1 Å². The molecule has 0 fully saturated rings. The van der Waals surface area contributed by atoms with Gasteiger partial charge in [-0.05, 0) is 31.5 Å². The van der Waals surface area contributed by atoms with Crippen molar-refractivity contribution in [3.8, 4) is 5.75 Å². The van der Waals surface area contributed by atoms with Crippen molar-refractivity contribution in [2.75, 3.05) is 13.7 Å². The number of hydrogen-bond acceptors (Lipinski definition) is 3. The number of methoxy groups -OCH3 is 1. The smallest absolute Gasteiger partial charge is 0.244 e. The molecule has 0 saturated heterocycles. The third-order valence-corrected chi connectivity index (χ3v) is 4.23. The molecule has 0 aliphatic rings. The van der Waals surface area contributed by atoms with E-state index < -0.39 is 10.0 Å². The summed E-state index contributed by atoms with van der Waals surface area (Å²) in [4.78, 5) is 0.139. The number of halogens is 1. The molecule has 0 unspecified atom stereocenters. The Morgan fingerprint density at radius 1 is 1.44 bits per heavy atom. The molecule has 0 aliphatic heterocycles. The minimum atomic E-state index is -3.54. The minimum Gasteiger partial charge on any atom is -0.495 e. The molecule has 1 aromatic carbocycles. The van der Waals surface area contributed by atoms with Gasteiger partial charge in [-0.3, -0.25) is 0 Å². The average Bonchev–Trinajstić information content (AvgIpc) is 2.35. The van der Waals surface area contributed by atoms with Crippen LogP contribution in [0.4, 0.5) is 0 Å². The molecule has 100 valence electrons. The van der Waals surface area contributed by atoms with Crippen LogP contribution < -0.4 is 9.46 Å². The van der Waals surface area contributed by atoms with Crippen LogP contribution in [0.3, 0.4) is 0 Å². The van der Waals surface area contributed by atoms with Crippen molar-refractivity contribution in [3.63, 3.8) is 0 Å². The SMILES string of the molecule is C/C=C/CCNS(=O)(=O)c1cc(Br)ccc1OC. The Morgan fingerprint density at radius 2 is 2.17 bits per heavy atom. The number of rotatable bonds is 6. The van der Waals surface area contributed by atoms with Crippen LogP contribution >= 0.6 is 15.9 Å². The summed E-state index contributed by atoms with van der Waals surface area (Å²) in [5, 5.41) is 0. The first kappa shape index (κ1) is 15.2. The molecular weight excluding hydrogens is 318 g/mol. The van der Waals surface area contributed by atoms with Crippen molar-refractivity contribution in [1.29, 1.82) is 0 Å². The van der Waals surface area contributed by atoms with Gasteiger partial charge in [0.25, 0.3) is 0 Å². The van der Waals surface area contributed by atoms with Gasteiger partial charge in [-0.2, -0.15) is 0 Å². The number of sulfonamides is 1. The highest BCUT2D eigenvalue weighted by Crippen LogP contribution is 2.26. The Bertz CT molecular complexity index is 526. The zero-order chi connectivity index (χ0) is 13.6. The Hall–Kier alpha value is -0.850. The molecule has 1 rings (SSSR count). The molecule has 0 aliphatic carbocycles. The van der Waals surface area contributed by atoms with Crippen molar-refractivity contribution in [2.45, 2.75) is 18.2 Å². The summed E-state index contributed by atoms with van der Waals surface area (Å²) in [6.45, 7) is 2.26. The summed E-state index contributed by atoms with van der Waals surface area (Å²) < 4.78 is 32.5. The van der Waals surface area contributed by atoms with Crippen molar-refractivity contribution in [3.05, 3.63) is 34.8 Å². The van der Waals surface area contributed by atoms with E-state index in [4.69, 9.17) is 4.74 Å². The summed E-state index contributed by atoms with van der Waals surface area (Å²) in [6.07, 6.45) is 4.45. The number of hydrogen-bond donors (Lipinski definition) is 1. The van der Waals surface area contributed by atoms with Crippen molar-refractivity contribution < 1.29 is 13.2 Å². The summed E-state index contributed by atoms with van der Waals surface area (Å²) in [6, 6.07) is 4.87. The topological polar surface area (TPSA) is 55.4 Å². The molecule has 18 heavy (non-hydrogen) atoms. The highest BCUT2D eigenvalue weighted by atomic mass is 79.9. The van der Waals surface area contributed by atoms with Crippen molar-refractivity contribution in [2.24, 2.45) is 0 Å². The highest BCUT2D eigenvalue weighted by Gasteiger charge is 2.18. The van der Waals surface area contributed by atoms with Crippen LogP contribution in [-0.2, 0) is 10.0 Å². The maximum absolute atomic E-state index is 12.1.